The van der Waals surface area contributed by atoms with Crippen LogP contribution in [0.3, 0.4) is 0 Å². The van der Waals surface area contributed by atoms with Crippen LogP contribution >= 0.6 is 24.8 Å². The quantitative estimate of drug-likeness (QED) is 0.115. The molecule has 60 heavy (non-hydrogen) atoms. The molecule has 324 valence electrons. The molecule has 2 fully saturated rings. The Morgan fingerprint density at radius 3 is 1.08 bits per heavy atom. The number of aryl methyl sites for hydroxylation is 4. The van der Waals surface area contributed by atoms with Gasteiger partial charge in [0.05, 0.1) is 0 Å². The molecule has 2 saturated carbocycles. The molecule has 0 saturated heterocycles. The summed E-state index contributed by atoms with van der Waals surface area (Å²) in [6.07, 6.45) is 22.2. The van der Waals surface area contributed by atoms with E-state index in [2.05, 4.69) is 145 Å². The van der Waals surface area contributed by atoms with Gasteiger partial charge in [0.25, 0.3) is 0 Å². The van der Waals surface area contributed by atoms with Crippen molar-refractivity contribution in [2.75, 3.05) is 0 Å². The average Bonchev–Trinajstić information content (AvgIpc) is 3.75. The molecule has 0 spiro atoms. The molecule has 0 atom stereocenters. The topological polar surface area (TPSA) is 0 Å². The summed E-state index contributed by atoms with van der Waals surface area (Å²) in [7, 11) is 0. The van der Waals surface area contributed by atoms with E-state index in [-0.39, 0.29) is 39.7 Å². The van der Waals surface area contributed by atoms with Gasteiger partial charge in [-0.15, -0.1) is 93.9 Å². The van der Waals surface area contributed by atoms with Crippen molar-refractivity contribution >= 4 is 53.2 Å². The minimum absolute atomic E-state index is 0. The van der Waals surface area contributed by atoms with Gasteiger partial charge in [0.1, 0.15) is 0 Å². The SMILES string of the molecule is Cc1cc(C)cc(-c2cccc3[cH-]c(CC4(C)CCCCCCC4)cc23)c1.Cc1cc(C)cc(-c2cccc3[cH-]c(CC4(C)CCCCCCC4)cc23)c1.Cl.Cl.[CH3-].[CH3-].[Si]=[Zr]. The normalized spacial score (nSPS) is 15.9. The van der Waals surface area contributed by atoms with Crippen molar-refractivity contribution in [1.82, 2.24) is 0 Å². The maximum atomic E-state index is 3.06. The summed E-state index contributed by atoms with van der Waals surface area (Å²) >= 11 is 1.36. The fourth-order valence-corrected chi connectivity index (χ4v) is 10.4. The van der Waals surface area contributed by atoms with Crippen LogP contribution in [-0.4, -0.2) is 6.88 Å². The standard InChI is InChI=1S/2C27H33.2CH3.2ClH.Si.Zr/c2*1-20-14-21(2)16-24(15-20)25-11-9-10-23-17-22(18-26(23)25)19-27(3)12-7-5-4-6-8-13-27;;;;;;/h2*9-11,14-18H,4-8,12-13,19H2,1-3H3;2*1H3;2*1H;;/q4*-1;;;;. The molecular formula is C56H74Cl2SiZr-4. The molecule has 0 unspecified atom stereocenters. The molecular weight excluding hydrogens is 863 g/mol. The number of halogens is 2. The molecule has 6 aromatic rings. The molecule has 0 aromatic heterocycles. The number of hydrogen-bond donors (Lipinski definition) is 0. The predicted molar refractivity (Wildman–Crippen MR) is 270 cm³/mol. The van der Waals surface area contributed by atoms with Crippen LogP contribution in [0.15, 0.2) is 97.1 Å². The van der Waals surface area contributed by atoms with Crippen LogP contribution in [0.25, 0.3) is 43.8 Å². The third-order valence-corrected chi connectivity index (χ3v) is 13.1. The first-order chi connectivity index (χ1) is 27.0. The van der Waals surface area contributed by atoms with Gasteiger partial charge in [-0.2, -0.15) is 12.1 Å². The first-order valence-electron chi connectivity index (χ1n) is 21.8. The van der Waals surface area contributed by atoms with Crippen molar-refractivity contribution in [3.8, 4) is 22.3 Å². The van der Waals surface area contributed by atoms with Crippen molar-refractivity contribution in [1.29, 1.82) is 0 Å². The Labute approximate surface area is 396 Å². The summed E-state index contributed by atoms with van der Waals surface area (Å²) < 4.78 is 0. The molecule has 0 aliphatic heterocycles. The number of rotatable bonds is 6. The molecule has 8 rings (SSSR count). The molecule has 4 heteroatoms. The van der Waals surface area contributed by atoms with Crippen LogP contribution < -0.4 is 0 Å². The summed E-state index contributed by atoms with van der Waals surface area (Å²) in [6.45, 7) is 16.9. The zero-order valence-electron chi connectivity index (χ0n) is 38.4. The Morgan fingerprint density at radius 2 is 0.767 bits per heavy atom. The minimum atomic E-state index is 0. The Kier molecular flexibility index (Phi) is 22.6. The number of fused-ring (bicyclic) bond motifs is 2. The van der Waals surface area contributed by atoms with E-state index >= 15 is 0 Å². The van der Waals surface area contributed by atoms with E-state index in [1.807, 2.05) is 0 Å². The second kappa shape index (κ2) is 25.2. The number of hydrogen-bond acceptors (Lipinski definition) is 0. The third kappa shape index (κ3) is 14.4. The van der Waals surface area contributed by atoms with Crippen molar-refractivity contribution in [3.05, 3.63) is 145 Å². The first kappa shape index (κ1) is 53.9. The number of benzene rings is 4. The molecule has 2 radical (unpaired) electrons. The van der Waals surface area contributed by atoms with Gasteiger partial charge in [0, 0.05) is 0 Å². The monoisotopic (exact) mass is 934 g/mol. The maximum absolute atomic E-state index is 3.06. The third-order valence-electron chi connectivity index (χ3n) is 13.1. The zero-order chi connectivity index (χ0) is 39.7. The van der Waals surface area contributed by atoms with Gasteiger partial charge in [-0.05, 0) is 88.2 Å². The fraction of sp³-hybridized carbons (Fsp3) is 0.429. The zero-order valence-corrected chi connectivity index (χ0v) is 43.5. The molecule has 0 N–H and O–H groups in total. The van der Waals surface area contributed by atoms with Crippen molar-refractivity contribution in [3.63, 3.8) is 0 Å². The van der Waals surface area contributed by atoms with Crippen LogP contribution in [0, 0.1) is 53.4 Å². The van der Waals surface area contributed by atoms with Crippen molar-refractivity contribution in [2.45, 2.75) is 144 Å². The summed E-state index contributed by atoms with van der Waals surface area (Å²) in [5.41, 5.74) is 14.9. The van der Waals surface area contributed by atoms with Gasteiger partial charge in [0.15, 0.2) is 0 Å². The Balaban J connectivity index is 0.000000373. The van der Waals surface area contributed by atoms with E-state index in [0.717, 1.165) is 0 Å². The molecule has 0 amide bonds. The van der Waals surface area contributed by atoms with Crippen LogP contribution in [0.1, 0.15) is 137 Å². The van der Waals surface area contributed by atoms with Gasteiger partial charge in [0.2, 0.25) is 0 Å². The first-order valence-corrected chi connectivity index (χ1v) is 26.0. The second-order valence-electron chi connectivity index (χ2n) is 18.6. The average molecular weight is 937 g/mol. The second-order valence-corrected chi connectivity index (χ2v) is 18.6. The van der Waals surface area contributed by atoms with Crippen LogP contribution in [0.2, 0.25) is 0 Å². The van der Waals surface area contributed by atoms with Gasteiger partial charge in [-0.25, -0.2) is 0 Å². The fourth-order valence-electron chi connectivity index (χ4n) is 10.4. The Morgan fingerprint density at radius 1 is 0.467 bits per heavy atom. The summed E-state index contributed by atoms with van der Waals surface area (Å²) in [5, 5.41) is 5.64. The van der Waals surface area contributed by atoms with E-state index in [4.69, 9.17) is 0 Å². The Bertz CT molecular complexity index is 1990. The predicted octanol–water partition coefficient (Wildman–Crippen LogP) is 17.6. The summed E-state index contributed by atoms with van der Waals surface area (Å²) in [6, 6.07) is 37.3. The van der Waals surface area contributed by atoms with E-state index in [0.29, 0.717) is 10.8 Å². The molecule has 2 aliphatic rings. The van der Waals surface area contributed by atoms with E-state index in [1.54, 1.807) is 0 Å². The van der Waals surface area contributed by atoms with Crippen molar-refractivity contribution < 1.29 is 23.3 Å². The summed E-state index contributed by atoms with van der Waals surface area (Å²) in [4.78, 5) is 0. The van der Waals surface area contributed by atoms with Crippen LogP contribution in [0.5, 0.6) is 0 Å². The van der Waals surface area contributed by atoms with Crippen LogP contribution in [-0.2, 0) is 36.2 Å². The van der Waals surface area contributed by atoms with Gasteiger partial charge >= 0.3 is 30.2 Å². The molecule has 0 heterocycles. The van der Waals surface area contributed by atoms with E-state index in [1.165, 1.54) is 203 Å². The van der Waals surface area contributed by atoms with E-state index < -0.39 is 0 Å². The van der Waals surface area contributed by atoms with Crippen molar-refractivity contribution in [2.24, 2.45) is 10.8 Å². The Hall–Kier alpha value is -2.22. The van der Waals surface area contributed by atoms with Gasteiger partial charge in [-0.1, -0.05) is 160 Å². The molecule has 6 aromatic carbocycles. The van der Waals surface area contributed by atoms with E-state index in [9.17, 15) is 0 Å². The molecule has 0 nitrogen and oxygen atoms in total. The molecule has 2 aliphatic carbocycles. The summed E-state index contributed by atoms with van der Waals surface area (Å²) in [5.74, 6) is 0. The molecule has 0 bridgehead atoms. The van der Waals surface area contributed by atoms with Gasteiger partial charge in [-0.3, -0.25) is 0 Å². The van der Waals surface area contributed by atoms with Crippen LogP contribution in [0.4, 0.5) is 0 Å². The van der Waals surface area contributed by atoms with Gasteiger partial charge < -0.3 is 14.9 Å².